The predicted octanol–water partition coefficient (Wildman–Crippen LogP) is 5.81. The van der Waals surface area contributed by atoms with Crippen LogP contribution in [-0.2, 0) is 14.3 Å². The molecular formula is C32H20BrNO5. The second-order valence-electron chi connectivity index (χ2n) is 9.96. The lowest BCUT2D eigenvalue weighted by atomic mass is 9.77. The van der Waals surface area contributed by atoms with Crippen LogP contribution >= 0.6 is 15.9 Å². The fraction of sp³-hybridized carbons (Fsp3) is 0.125. The number of benzene rings is 4. The number of imide groups is 1. The van der Waals surface area contributed by atoms with Gasteiger partial charge in [0.25, 0.3) is 0 Å². The van der Waals surface area contributed by atoms with Crippen molar-refractivity contribution >= 4 is 45.0 Å². The number of hydrogen-bond acceptors (Lipinski definition) is 5. The number of halogens is 1. The summed E-state index contributed by atoms with van der Waals surface area (Å²) in [5, 5.41) is 0. The number of fused-ring (bicyclic) bond motifs is 3. The monoisotopic (exact) mass is 577 g/mol. The summed E-state index contributed by atoms with van der Waals surface area (Å²) in [5.41, 5.74) is 1.28. The fourth-order valence-electron chi connectivity index (χ4n) is 6.16. The Balaban J connectivity index is 1.34. The molecule has 3 aliphatic rings. The molecule has 0 aromatic heterocycles. The molecule has 0 radical (unpaired) electrons. The number of anilines is 1. The van der Waals surface area contributed by atoms with Gasteiger partial charge in [0, 0.05) is 15.6 Å². The molecule has 1 aliphatic carbocycles. The standard InChI is InChI=1S/C32H20BrNO5/c33-21-14-10-20(11-15-21)27-25-26(32(39-27)28(35)23-8-4-5-9-24(23)29(32)36)31(38)34(30(25)37)22-16-12-19(13-17-22)18-6-2-1-3-7-18/h1-17,25-27H/t25-,26+,27-/m0/s1. The molecule has 2 heterocycles. The second kappa shape index (κ2) is 8.66. The summed E-state index contributed by atoms with van der Waals surface area (Å²) in [7, 11) is 0. The number of carbonyl (C=O) groups is 4. The maximum atomic E-state index is 14.1. The van der Waals surface area contributed by atoms with Crippen LogP contribution in [0.5, 0.6) is 0 Å². The minimum Gasteiger partial charge on any atom is -0.349 e. The lowest BCUT2D eigenvalue weighted by molar-refractivity contribution is -0.127. The van der Waals surface area contributed by atoms with Crippen LogP contribution in [0.15, 0.2) is 108 Å². The number of rotatable bonds is 3. The van der Waals surface area contributed by atoms with Crippen molar-refractivity contribution in [1.29, 1.82) is 0 Å². The van der Waals surface area contributed by atoms with Crippen LogP contribution in [0.25, 0.3) is 11.1 Å². The van der Waals surface area contributed by atoms with Crippen LogP contribution in [-0.4, -0.2) is 29.0 Å². The summed E-state index contributed by atoms with van der Waals surface area (Å²) < 4.78 is 7.15. The predicted molar refractivity (Wildman–Crippen MR) is 147 cm³/mol. The Bertz CT molecular complexity index is 1650. The van der Waals surface area contributed by atoms with E-state index < -0.39 is 46.9 Å². The smallest absolute Gasteiger partial charge is 0.241 e. The highest BCUT2D eigenvalue weighted by atomic mass is 79.9. The zero-order chi connectivity index (χ0) is 26.9. The SMILES string of the molecule is O=C1[C@@H]2[C@H](c3ccc(Br)cc3)OC3(C(=O)c4ccccc4C3=O)[C@H]2C(=O)N1c1ccc(-c2ccccc2)cc1. The number of amides is 2. The van der Waals surface area contributed by atoms with Crippen LogP contribution < -0.4 is 4.90 Å². The van der Waals surface area contributed by atoms with Gasteiger partial charge in [0.15, 0.2) is 0 Å². The third-order valence-electron chi connectivity index (χ3n) is 7.95. The summed E-state index contributed by atoms with van der Waals surface area (Å²) in [4.78, 5) is 57.0. The maximum absolute atomic E-state index is 14.1. The lowest BCUT2D eigenvalue weighted by Gasteiger charge is -2.27. The van der Waals surface area contributed by atoms with E-state index in [1.807, 2.05) is 42.5 Å². The average Bonchev–Trinajstić information content (AvgIpc) is 3.54. The van der Waals surface area contributed by atoms with Crippen LogP contribution in [0.4, 0.5) is 5.69 Å². The Morgan fingerprint density at radius 1 is 0.641 bits per heavy atom. The van der Waals surface area contributed by atoms with Gasteiger partial charge in [-0.3, -0.25) is 19.2 Å². The van der Waals surface area contributed by atoms with Gasteiger partial charge < -0.3 is 4.74 Å². The van der Waals surface area contributed by atoms with E-state index in [0.29, 0.717) is 11.3 Å². The topological polar surface area (TPSA) is 80.8 Å². The number of carbonyl (C=O) groups excluding carboxylic acids is 4. The zero-order valence-electron chi connectivity index (χ0n) is 20.4. The lowest BCUT2D eigenvalue weighted by Crippen LogP contribution is -2.51. The molecule has 0 unspecified atom stereocenters. The van der Waals surface area contributed by atoms with Gasteiger partial charge in [0.1, 0.15) is 0 Å². The molecule has 2 amide bonds. The van der Waals surface area contributed by atoms with Crippen molar-refractivity contribution in [3.05, 3.63) is 124 Å². The summed E-state index contributed by atoms with van der Waals surface area (Å²) in [6.45, 7) is 0. The first-order valence-corrected chi connectivity index (χ1v) is 13.4. The molecule has 7 rings (SSSR count). The highest BCUT2D eigenvalue weighted by Gasteiger charge is 2.74. The Hall–Kier alpha value is -4.20. The molecule has 4 aromatic carbocycles. The van der Waals surface area contributed by atoms with E-state index in [2.05, 4.69) is 15.9 Å². The van der Waals surface area contributed by atoms with Gasteiger partial charge in [-0.05, 0) is 41.0 Å². The molecule has 1 spiro atoms. The van der Waals surface area contributed by atoms with Gasteiger partial charge in [-0.1, -0.05) is 94.8 Å². The fourth-order valence-corrected chi connectivity index (χ4v) is 6.42. The minimum absolute atomic E-state index is 0.212. The molecule has 39 heavy (non-hydrogen) atoms. The maximum Gasteiger partial charge on any atom is 0.241 e. The van der Waals surface area contributed by atoms with Crippen LogP contribution in [0, 0.1) is 11.8 Å². The second-order valence-corrected chi connectivity index (χ2v) is 10.9. The molecule has 0 N–H and O–H groups in total. The highest BCUT2D eigenvalue weighted by Crippen LogP contribution is 2.57. The Morgan fingerprint density at radius 3 is 1.82 bits per heavy atom. The van der Waals surface area contributed by atoms with E-state index in [1.165, 1.54) is 0 Å². The van der Waals surface area contributed by atoms with Crippen molar-refractivity contribution in [2.24, 2.45) is 11.8 Å². The molecule has 7 heteroatoms. The average molecular weight is 578 g/mol. The van der Waals surface area contributed by atoms with E-state index in [9.17, 15) is 19.2 Å². The number of ether oxygens (including phenoxy) is 1. The quantitative estimate of drug-likeness (QED) is 0.227. The minimum atomic E-state index is -2.09. The Labute approximate surface area is 232 Å². The molecule has 2 aliphatic heterocycles. The third-order valence-corrected chi connectivity index (χ3v) is 8.48. The first kappa shape index (κ1) is 23.9. The summed E-state index contributed by atoms with van der Waals surface area (Å²) in [6, 6.07) is 30.5. The normalized spacial score (nSPS) is 23.0. The van der Waals surface area contributed by atoms with Crippen molar-refractivity contribution < 1.29 is 23.9 Å². The molecule has 2 saturated heterocycles. The molecule has 190 valence electrons. The van der Waals surface area contributed by atoms with Gasteiger partial charge in [0.2, 0.25) is 29.0 Å². The summed E-state index contributed by atoms with van der Waals surface area (Å²) >= 11 is 3.41. The third kappa shape index (κ3) is 3.30. The van der Waals surface area contributed by atoms with E-state index >= 15 is 0 Å². The van der Waals surface area contributed by atoms with Gasteiger partial charge in [-0.25, -0.2) is 4.90 Å². The zero-order valence-corrected chi connectivity index (χ0v) is 22.0. The van der Waals surface area contributed by atoms with E-state index in [0.717, 1.165) is 20.5 Å². The van der Waals surface area contributed by atoms with E-state index in [-0.39, 0.29) is 11.1 Å². The largest absolute Gasteiger partial charge is 0.349 e. The van der Waals surface area contributed by atoms with Crippen LogP contribution in [0.2, 0.25) is 0 Å². The van der Waals surface area contributed by atoms with Crippen LogP contribution in [0.3, 0.4) is 0 Å². The Morgan fingerprint density at radius 2 is 1.21 bits per heavy atom. The summed E-state index contributed by atoms with van der Waals surface area (Å²) in [6.07, 6.45) is -0.949. The number of ketones is 2. The van der Waals surface area contributed by atoms with Gasteiger partial charge >= 0.3 is 0 Å². The molecular weight excluding hydrogens is 558 g/mol. The van der Waals surface area contributed by atoms with E-state index in [4.69, 9.17) is 4.74 Å². The Kier molecular flexibility index (Phi) is 5.30. The highest BCUT2D eigenvalue weighted by molar-refractivity contribution is 9.10. The van der Waals surface area contributed by atoms with Gasteiger partial charge in [0.05, 0.1) is 23.6 Å². The first-order valence-electron chi connectivity index (χ1n) is 12.6. The van der Waals surface area contributed by atoms with Crippen molar-refractivity contribution in [1.82, 2.24) is 0 Å². The van der Waals surface area contributed by atoms with Gasteiger partial charge in [-0.2, -0.15) is 0 Å². The van der Waals surface area contributed by atoms with E-state index in [1.54, 1.807) is 60.7 Å². The first-order chi connectivity index (χ1) is 18.9. The number of Topliss-reactive ketones (excluding diaryl/α,β-unsaturated/α-hetero) is 2. The van der Waals surface area contributed by atoms with Gasteiger partial charge in [-0.15, -0.1) is 0 Å². The number of nitrogens with zero attached hydrogens (tertiary/aromatic N) is 1. The van der Waals surface area contributed by atoms with Crippen molar-refractivity contribution in [3.8, 4) is 11.1 Å². The molecule has 6 nitrogen and oxygen atoms in total. The van der Waals surface area contributed by atoms with Crippen molar-refractivity contribution in [2.75, 3.05) is 4.90 Å². The summed E-state index contributed by atoms with van der Waals surface area (Å²) in [5.74, 6) is -4.54. The van der Waals surface area contributed by atoms with Crippen LogP contribution in [0.1, 0.15) is 32.4 Å². The van der Waals surface area contributed by atoms with Crippen molar-refractivity contribution in [2.45, 2.75) is 11.7 Å². The number of hydrogen-bond donors (Lipinski definition) is 0. The molecule has 0 bridgehead atoms. The molecule has 4 aromatic rings. The van der Waals surface area contributed by atoms with Crippen molar-refractivity contribution in [3.63, 3.8) is 0 Å². The molecule has 2 fully saturated rings. The molecule has 0 saturated carbocycles. The molecule has 3 atom stereocenters.